The Morgan fingerprint density at radius 2 is 1.42 bits per heavy atom. The van der Waals surface area contributed by atoms with Gasteiger partial charge in [0.15, 0.2) is 0 Å². The zero-order valence-electron chi connectivity index (χ0n) is 13.8. The van der Waals surface area contributed by atoms with Crippen molar-refractivity contribution in [1.82, 2.24) is 9.97 Å². The van der Waals surface area contributed by atoms with E-state index < -0.39 is 0 Å². The Bertz CT molecular complexity index is 734. The molecular weight excluding hydrogens is 298 g/mol. The van der Waals surface area contributed by atoms with Crippen molar-refractivity contribution in [2.75, 3.05) is 4.90 Å². The van der Waals surface area contributed by atoms with Gasteiger partial charge in [-0.2, -0.15) is 0 Å². The third-order valence-corrected chi connectivity index (χ3v) is 3.95. The van der Waals surface area contributed by atoms with Crippen molar-refractivity contribution >= 4 is 5.95 Å². The Morgan fingerprint density at radius 3 is 1.88 bits per heavy atom. The molecule has 0 spiro atoms. The summed E-state index contributed by atoms with van der Waals surface area (Å²) < 4.78 is 0. The second-order valence-corrected chi connectivity index (χ2v) is 5.77. The molecule has 122 valence electrons. The van der Waals surface area contributed by atoms with E-state index in [0.717, 1.165) is 24.3 Å². The molecule has 24 heavy (non-hydrogen) atoms. The fourth-order valence-electron chi connectivity index (χ4n) is 2.59. The predicted molar refractivity (Wildman–Crippen MR) is 95.5 cm³/mol. The van der Waals surface area contributed by atoms with Gasteiger partial charge in [-0.1, -0.05) is 60.7 Å². The van der Waals surface area contributed by atoms with Crippen LogP contribution in [0.2, 0.25) is 0 Å². The molecule has 0 atom stereocenters. The number of hydrogen-bond acceptors (Lipinski definition) is 4. The summed E-state index contributed by atoms with van der Waals surface area (Å²) in [5.41, 5.74) is 3.99. The lowest BCUT2D eigenvalue weighted by Gasteiger charge is -2.23. The van der Waals surface area contributed by atoms with Gasteiger partial charge in [0.05, 0.1) is 6.61 Å². The summed E-state index contributed by atoms with van der Waals surface area (Å²) in [7, 11) is 0. The maximum Gasteiger partial charge on any atom is 0.226 e. The number of aromatic nitrogens is 2. The molecule has 0 saturated heterocycles. The van der Waals surface area contributed by atoms with Crippen molar-refractivity contribution in [3.63, 3.8) is 0 Å². The van der Waals surface area contributed by atoms with E-state index in [4.69, 9.17) is 0 Å². The number of nitrogens with zero attached hydrogens (tertiary/aromatic N) is 3. The number of aliphatic hydroxyl groups is 1. The van der Waals surface area contributed by atoms with E-state index in [0.29, 0.717) is 5.95 Å². The Labute approximate surface area is 142 Å². The van der Waals surface area contributed by atoms with Crippen LogP contribution in [0.3, 0.4) is 0 Å². The van der Waals surface area contributed by atoms with E-state index in [-0.39, 0.29) is 6.61 Å². The first kappa shape index (κ1) is 16.1. The Hall–Kier alpha value is -2.72. The predicted octanol–water partition coefficient (Wildman–Crippen LogP) is 3.48. The van der Waals surface area contributed by atoms with Gasteiger partial charge in [0.1, 0.15) is 0 Å². The molecule has 1 N–H and O–H groups in total. The molecule has 0 radical (unpaired) electrons. The summed E-state index contributed by atoms with van der Waals surface area (Å²) >= 11 is 0. The lowest BCUT2D eigenvalue weighted by Crippen LogP contribution is -2.24. The molecule has 4 nitrogen and oxygen atoms in total. The number of aryl methyl sites for hydroxylation is 1. The molecule has 0 aliphatic carbocycles. The third-order valence-electron chi connectivity index (χ3n) is 3.95. The summed E-state index contributed by atoms with van der Waals surface area (Å²) in [5, 5.41) is 9.32. The van der Waals surface area contributed by atoms with Crippen molar-refractivity contribution < 1.29 is 5.11 Å². The SMILES string of the molecule is Cc1nc(N(Cc2ccccc2)Cc2ccccc2)ncc1CO. The summed E-state index contributed by atoms with van der Waals surface area (Å²) in [6.07, 6.45) is 1.71. The first-order valence-electron chi connectivity index (χ1n) is 8.02. The van der Waals surface area contributed by atoms with E-state index in [9.17, 15) is 5.11 Å². The van der Waals surface area contributed by atoms with Gasteiger partial charge in [0.2, 0.25) is 5.95 Å². The molecule has 2 aromatic carbocycles. The molecule has 0 saturated carbocycles. The molecule has 4 heteroatoms. The zero-order valence-corrected chi connectivity index (χ0v) is 13.8. The van der Waals surface area contributed by atoms with Crippen LogP contribution in [0.4, 0.5) is 5.95 Å². The van der Waals surface area contributed by atoms with E-state index in [1.807, 2.05) is 43.3 Å². The molecule has 1 aromatic heterocycles. The number of hydrogen-bond donors (Lipinski definition) is 1. The van der Waals surface area contributed by atoms with Crippen molar-refractivity contribution in [3.8, 4) is 0 Å². The van der Waals surface area contributed by atoms with Gasteiger partial charge >= 0.3 is 0 Å². The summed E-state index contributed by atoms with van der Waals surface area (Å²) in [6.45, 7) is 3.32. The number of anilines is 1. The standard InChI is InChI=1S/C20H21N3O/c1-16-19(15-24)12-21-20(22-16)23(13-17-8-4-2-5-9-17)14-18-10-6-3-7-11-18/h2-12,24H,13-15H2,1H3. The van der Waals surface area contributed by atoms with Gasteiger partial charge in [-0.3, -0.25) is 0 Å². The lowest BCUT2D eigenvalue weighted by molar-refractivity contribution is 0.280. The minimum atomic E-state index is -0.0382. The maximum absolute atomic E-state index is 9.32. The van der Waals surface area contributed by atoms with Gasteiger partial charge in [0.25, 0.3) is 0 Å². The minimum absolute atomic E-state index is 0.0382. The Kier molecular flexibility index (Phi) is 5.18. The largest absolute Gasteiger partial charge is 0.392 e. The van der Waals surface area contributed by atoms with Gasteiger partial charge in [-0.25, -0.2) is 9.97 Å². The Balaban J connectivity index is 1.90. The van der Waals surface area contributed by atoms with E-state index >= 15 is 0 Å². The quantitative estimate of drug-likeness (QED) is 0.755. The maximum atomic E-state index is 9.32. The molecule has 3 rings (SSSR count). The van der Waals surface area contributed by atoms with Crippen molar-refractivity contribution in [2.45, 2.75) is 26.6 Å². The highest BCUT2D eigenvalue weighted by Gasteiger charge is 2.13. The summed E-state index contributed by atoms with van der Waals surface area (Å²) in [5.74, 6) is 0.678. The molecule has 0 unspecified atom stereocenters. The highest BCUT2D eigenvalue weighted by molar-refractivity contribution is 5.36. The van der Waals surface area contributed by atoms with Crippen LogP contribution in [-0.4, -0.2) is 15.1 Å². The van der Waals surface area contributed by atoms with Crippen LogP contribution >= 0.6 is 0 Å². The minimum Gasteiger partial charge on any atom is -0.392 e. The zero-order chi connectivity index (χ0) is 16.8. The average molecular weight is 319 g/mol. The van der Waals surface area contributed by atoms with Crippen LogP contribution in [0.5, 0.6) is 0 Å². The van der Waals surface area contributed by atoms with E-state index in [1.165, 1.54) is 11.1 Å². The van der Waals surface area contributed by atoms with Crippen LogP contribution in [-0.2, 0) is 19.7 Å². The van der Waals surface area contributed by atoms with Gasteiger partial charge in [-0.05, 0) is 18.1 Å². The van der Waals surface area contributed by atoms with Crippen molar-refractivity contribution in [1.29, 1.82) is 0 Å². The van der Waals surface area contributed by atoms with Crippen LogP contribution < -0.4 is 4.90 Å². The van der Waals surface area contributed by atoms with E-state index in [1.54, 1.807) is 6.20 Å². The van der Waals surface area contributed by atoms with Crippen molar-refractivity contribution in [2.24, 2.45) is 0 Å². The second kappa shape index (κ2) is 7.70. The fraction of sp³-hybridized carbons (Fsp3) is 0.200. The van der Waals surface area contributed by atoms with Crippen LogP contribution in [0.25, 0.3) is 0 Å². The van der Waals surface area contributed by atoms with Gasteiger partial charge in [0, 0.05) is 30.5 Å². The normalized spacial score (nSPS) is 10.6. The van der Waals surface area contributed by atoms with Crippen LogP contribution in [0.1, 0.15) is 22.4 Å². The average Bonchev–Trinajstić information content (AvgIpc) is 2.63. The highest BCUT2D eigenvalue weighted by Crippen LogP contribution is 2.18. The fourth-order valence-corrected chi connectivity index (χ4v) is 2.59. The lowest BCUT2D eigenvalue weighted by atomic mass is 10.2. The topological polar surface area (TPSA) is 49.2 Å². The number of aliphatic hydroxyl groups excluding tert-OH is 1. The van der Waals surface area contributed by atoms with Gasteiger partial charge in [-0.15, -0.1) is 0 Å². The van der Waals surface area contributed by atoms with Crippen LogP contribution in [0.15, 0.2) is 66.9 Å². The first-order valence-corrected chi connectivity index (χ1v) is 8.02. The van der Waals surface area contributed by atoms with Gasteiger partial charge < -0.3 is 10.0 Å². The van der Waals surface area contributed by atoms with Crippen LogP contribution in [0, 0.1) is 6.92 Å². The third kappa shape index (κ3) is 3.97. The highest BCUT2D eigenvalue weighted by atomic mass is 16.3. The smallest absolute Gasteiger partial charge is 0.226 e. The first-order chi connectivity index (χ1) is 11.8. The number of rotatable bonds is 6. The second-order valence-electron chi connectivity index (χ2n) is 5.77. The molecular formula is C20H21N3O. The monoisotopic (exact) mass is 319 g/mol. The molecule has 0 aliphatic heterocycles. The molecule has 0 amide bonds. The molecule has 0 fully saturated rings. The molecule has 0 bridgehead atoms. The molecule has 0 aliphatic rings. The summed E-state index contributed by atoms with van der Waals surface area (Å²) in [4.78, 5) is 11.2. The van der Waals surface area contributed by atoms with E-state index in [2.05, 4.69) is 39.1 Å². The summed E-state index contributed by atoms with van der Waals surface area (Å²) in [6, 6.07) is 20.6. The number of benzene rings is 2. The van der Waals surface area contributed by atoms with Crippen molar-refractivity contribution in [3.05, 3.63) is 89.2 Å². The molecule has 1 heterocycles. The Morgan fingerprint density at radius 1 is 0.875 bits per heavy atom. The molecule has 3 aromatic rings.